The second kappa shape index (κ2) is 3.47. The van der Waals surface area contributed by atoms with Crippen LogP contribution in [0.2, 0.25) is 0 Å². The van der Waals surface area contributed by atoms with Crippen molar-refractivity contribution in [1.82, 2.24) is 0 Å². The van der Waals surface area contributed by atoms with Gasteiger partial charge in [-0.05, 0) is 25.0 Å². The minimum absolute atomic E-state index is 0.0446. The van der Waals surface area contributed by atoms with E-state index in [0.717, 1.165) is 0 Å². The fourth-order valence-electron chi connectivity index (χ4n) is 1.12. The van der Waals surface area contributed by atoms with Gasteiger partial charge in [0.25, 0.3) is 9.05 Å². The van der Waals surface area contributed by atoms with Crippen LogP contribution in [0, 0.1) is 25.5 Å². The third kappa shape index (κ3) is 1.88. The molecular weight excluding hydrogens is 234 g/mol. The Labute approximate surface area is 84.9 Å². The molecule has 0 atom stereocenters. The Bertz CT molecular complexity index is 456. The molecule has 1 aromatic rings. The molecule has 1 aromatic carbocycles. The maximum absolute atomic E-state index is 13.2. The van der Waals surface area contributed by atoms with E-state index in [1.807, 2.05) is 0 Å². The van der Waals surface area contributed by atoms with Crippen molar-refractivity contribution >= 4 is 19.7 Å². The number of rotatable bonds is 1. The Hall–Kier alpha value is -0.680. The van der Waals surface area contributed by atoms with Gasteiger partial charge < -0.3 is 0 Å². The van der Waals surface area contributed by atoms with Crippen molar-refractivity contribution in [3.05, 3.63) is 28.8 Å². The Morgan fingerprint density at radius 1 is 1.14 bits per heavy atom. The Balaban J connectivity index is 3.74. The maximum Gasteiger partial charge on any atom is 0.267 e. The highest BCUT2D eigenvalue weighted by atomic mass is 35.7. The summed E-state index contributed by atoms with van der Waals surface area (Å²) < 4.78 is 48.2. The van der Waals surface area contributed by atoms with Gasteiger partial charge in [-0.2, -0.15) is 0 Å². The first kappa shape index (κ1) is 11.4. The first-order valence-corrected chi connectivity index (χ1v) is 5.96. The summed E-state index contributed by atoms with van der Waals surface area (Å²) in [6.07, 6.45) is 0. The molecule has 0 aliphatic carbocycles. The molecule has 0 N–H and O–H groups in total. The standard InChI is InChI=1S/C8H7ClF2O2S/c1-4-3-5(2)7(11)8(6(4)10)14(9,12)13/h3H,1-2H3. The summed E-state index contributed by atoms with van der Waals surface area (Å²) in [5, 5.41) is 0. The van der Waals surface area contributed by atoms with E-state index in [4.69, 9.17) is 10.7 Å². The molecule has 78 valence electrons. The number of hydrogen-bond acceptors (Lipinski definition) is 2. The van der Waals surface area contributed by atoms with E-state index in [0.29, 0.717) is 0 Å². The van der Waals surface area contributed by atoms with Crippen molar-refractivity contribution in [3.8, 4) is 0 Å². The second-order valence-corrected chi connectivity index (χ2v) is 5.41. The number of hydrogen-bond donors (Lipinski definition) is 0. The monoisotopic (exact) mass is 240 g/mol. The average molecular weight is 241 g/mol. The van der Waals surface area contributed by atoms with Crippen molar-refractivity contribution in [2.75, 3.05) is 0 Å². The Morgan fingerprint density at radius 2 is 1.50 bits per heavy atom. The van der Waals surface area contributed by atoms with Crippen molar-refractivity contribution in [2.24, 2.45) is 0 Å². The van der Waals surface area contributed by atoms with Gasteiger partial charge in [-0.3, -0.25) is 0 Å². The molecule has 0 spiro atoms. The van der Waals surface area contributed by atoms with Crippen molar-refractivity contribution in [3.63, 3.8) is 0 Å². The molecular formula is C8H7ClF2O2S. The van der Waals surface area contributed by atoms with Gasteiger partial charge in [0.15, 0.2) is 4.90 Å². The molecule has 0 fully saturated rings. The third-order valence-electron chi connectivity index (χ3n) is 1.77. The van der Waals surface area contributed by atoms with Crippen LogP contribution in [0.1, 0.15) is 11.1 Å². The van der Waals surface area contributed by atoms with Crippen molar-refractivity contribution < 1.29 is 17.2 Å². The summed E-state index contributed by atoms with van der Waals surface area (Å²) in [6, 6.07) is 1.22. The van der Waals surface area contributed by atoms with Gasteiger partial charge in [-0.25, -0.2) is 17.2 Å². The van der Waals surface area contributed by atoms with Crippen LogP contribution < -0.4 is 0 Å². The van der Waals surface area contributed by atoms with E-state index < -0.39 is 25.6 Å². The third-order valence-corrected chi connectivity index (χ3v) is 3.08. The van der Waals surface area contributed by atoms with Crippen LogP contribution in [0.25, 0.3) is 0 Å². The molecule has 2 nitrogen and oxygen atoms in total. The lowest BCUT2D eigenvalue weighted by atomic mass is 10.1. The van der Waals surface area contributed by atoms with Gasteiger partial charge in [0.2, 0.25) is 0 Å². The van der Waals surface area contributed by atoms with Crippen molar-refractivity contribution in [2.45, 2.75) is 18.7 Å². The van der Waals surface area contributed by atoms with E-state index in [1.165, 1.54) is 19.9 Å². The average Bonchev–Trinajstić information content (AvgIpc) is 1.98. The summed E-state index contributed by atoms with van der Waals surface area (Å²) in [5.41, 5.74) is 0.0891. The van der Waals surface area contributed by atoms with Crippen LogP contribution in [0.3, 0.4) is 0 Å². The van der Waals surface area contributed by atoms with Gasteiger partial charge in [0, 0.05) is 10.7 Å². The van der Waals surface area contributed by atoms with Crippen LogP contribution in [-0.4, -0.2) is 8.42 Å². The molecule has 0 aliphatic heterocycles. The summed E-state index contributed by atoms with van der Waals surface area (Å²) in [4.78, 5) is -1.07. The molecule has 1 rings (SSSR count). The van der Waals surface area contributed by atoms with Crippen molar-refractivity contribution in [1.29, 1.82) is 0 Å². The first-order valence-electron chi connectivity index (χ1n) is 3.65. The minimum atomic E-state index is -4.39. The van der Waals surface area contributed by atoms with E-state index in [-0.39, 0.29) is 11.1 Å². The van der Waals surface area contributed by atoms with Gasteiger partial charge >= 0.3 is 0 Å². The lowest BCUT2D eigenvalue weighted by molar-refractivity contribution is 0.514. The van der Waals surface area contributed by atoms with Gasteiger partial charge in [-0.1, -0.05) is 6.07 Å². The van der Waals surface area contributed by atoms with Gasteiger partial charge in [0.05, 0.1) is 0 Å². The molecule has 0 aromatic heterocycles. The molecule has 14 heavy (non-hydrogen) atoms. The van der Waals surface area contributed by atoms with Crippen LogP contribution in [-0.2, 0) is 9.05 Å². The minimum Gasteiger partial charge on any atom is -0.207 e. The Morgan fingerprint density at radius 3 is 1.79 bits per heavy atom. The molecule has 0 saturated carbocycles. The molecule has 0 amide bonds. The lowest BCUT2D eigenvalue weighted by Crippen LogP contribution is -2.04. The zero-order valence-electron chi connectivity index (χ0n) is 7.44. The fourth-order valence-corrected chi connectivity index (χ4v) is 2.28. The first-order chi connectivity index (χ1) is 6.25. The zero-order valence-corrected chi connectivity index (χ0v) is 9.01. The molecule has 6 heteroatoms. The molecule has 0 heterocycles. The molecule has 0 radical (unpaired) electrons. The quantitative estimate of drug-likeness (QED) is 0.707. The molecule has 0 bridgehead atoms. The number of benzene rings is 1. The van der Waals surface area contributed by atoms with E-state index in [2.05, 4.69) is 0 Å². The molecule has 0 unspecified atom stereocenters. The Kier molecular flexibility index (Phi) is 2.83. The maximum atomic E-state index is 13.2. The summed E-state index contributed by atoms with van der Waals surface area (Å²) >= 11 is 0. The van der Waals surface area contributed by atoms with Crippen LogP contribution >= 0.6 is 10.7 Å². The van der Waals surface area contributed by atoms with Crippen LogP contribution in [0.15, 0.2) is 11.0 Å². The predicted octanol–water partition coefficient (Wildman–Crippen LogP) is 2.51. The van der Waals surface area contributed by atoms with E-state index >= 15 is 0 Å². The van der Waals surface area contributed by atoms with Crippen LogP contribution in [0.5, 0.6) is 0 Å². The topological polar surface area (TPSA) is 34.1 Å². The van der Waals surface area contributed by atoms with E-state index in [1.54, 1.807) is 0 Å². The summed E-state index contributed by atoms with van der Waals surface area (Å²) in [7, 11) is 0.518. The second-order valence-electron chi connectivity index (χ2n) is 2.91. The van der Waals surface area contributed by atoms with E-state index in [9.17, 15) is 17.2 Å². The SMILES string of the molecule is Cc1cc(C)c(F)c(S(=O)(=O)Cl)c1F. The smallest absolute Gasteiger partial charge is 0.207 e. The summed E-state index contributed by atoms with van der Waals surface area (Å²) in [5.74, 6) is -2.27. The normalized spacial score (nSPS) is 11.8. The fraction of sp³-hybridized carbons (Fsp3) is 0.250. The highest BCUT2D eigenvalue weighted by Crippen LogP contribution is 2.26. The number of halogens is 3. The van der Waals surface area contributed by atoms with Crippen LogP contribution in [0.4, 0.5) is 8.78 Å². The zero-order chi connectivity index (χ0) is 11.1. The number of aryl methyl sites for hydroxylation is 2. The molecule has 0 aliphatic rings. The lowest BCUT2D eigenvalue weighted by Gasteiger charge is -2.06. The molecule has 0 saturated heterocycles. The van der Waals surface area contributed by atoms with Gasteiger partial charge in [0.1, 0.15) is 11.6 Å². The highest BCUT2D eigenvalue weighted by Gasteiger charge is 2.24. The largest absolute Gasteiger partial charge is 0.267 e. The highest BCUT2D eigenvalue weighted by molar-refractivity contribution is 8.13. The van der Waals surface area contributed by atoms with Gasteiger partial charge in [-0.15, -0.1) is 0 Å². The summed E-state index contributed by atoms with van der Waals surface area (Å²) in [6.45, 7) is 2.68. The predicted molar refractivity (Wildman–Crippen MR) is 48.9 cm³/mol.